The van der Waals surface area contributed by atoms with Crippen molar-refractivity contribution in [3.8, 4) is 0 Å². The molecule has 0 aromatic heterocycles. The number of halogens is 1. The van der Waals surface area contributed by atoms with Crippen molar-refractivity contribution in [3.63, 3.8) is 0 Å². The normalized spacial score (nSPS) is 17.8. The van der Waals surface area contributed by atoms with Gasteiger partial charge in [0.1, 0.15) is 5.82 Å². The summed E-state index contributed by atoms with van der Waals surface area (Å²) < 4.78 is 17.8. The van der Waals surface area contributed by atoms with E-state index in [0.29, 0.717) is 0 Å². The van der Waals surface area contributed by atoms with Crippen LogP contribution in [0.2, 0.25) is 0 Å². The maximum atomic E-state index is 13.1. The molecule has 1 aromatic carbocycles. The number of esters is 1. The summed E-state index contributed by atoms with van der Waals surface area (Å²) in [5.41, 5.74) is 0.622. The Balaban J connectivity index is 2.27. The molecule has 0 aliphatic carbocycles. The number of benzene rings is 1. The third-order valence-electron chi connectivity index (χ3n) is 3.28. The Morgan fingerprint density at radius 1 is 1.41 bits per heavy atom. The molecule has 2 rings (SSSR count). The molecule has 0 saturated carbocycles. The molecule has 1 unspecified atom stereocenters. The summed E-state index contributed by atoms with van der Waals surface area (Å²) >= 11 is 0. The molecular weight excluding hydrogens is 291 g/mol. The van der Waals surface area contributed by atoms with Gasteiger partial charge < -0.3 is 15.4 Å². The Labute approximate surface area is 126 Å². The molecule has 2 amide bonds. The number of allylic oxidation sites excluding steroid dienone is 1. The molecular formula is C15H15FN2O4. The molecule has 1 aliphatic heterocycles. The van der Waals surface area contributed by atoms with Crippen molar-refractivity contribution in [2.45, 2.75) is 13.3 Å². The first kappa shape index (κ1) is 15.7. The largest absolute Gasteiger partial charge is 0.466 e. The number of hydrogen-bond donors (Lipinski definition) is 2. The zero-order valence-corrected chi connectivity index (χ0v) is 12.1. The van der Waals surface area contributed by atoms with Gasteiger partial charge in [-0.15, -0.1) is 0 Å². The summed E-state index contributed by atoms with van der Waals surface area (Å²) in [6, 6.07) is 5.35. The first-order chi connectivity index (χ1) is 10.4. The van der Waals surface area contributed by atoms with Crippen molar-refractivity contribution in [3.05, 3.63) is 41.4 Å². The lowest BCUT2D eigenvalue weighted by Gasteiger charge is -2.25. The van der Waals surface area contributed by atoms with Crippen molar-refractivity contribution in [1.29, 1.82) is 0 Å². The Kier molecular flexibility index (Phi) is 4.55. The molecule has 6 nitrogen and oxygen atoms in total. The fourth-order valence-electron chi connectivity index (χ4n) is 2.30. The van der Waals surface area contributed by atoms with Crippen LogP contribution >= 0.6 is 0 Å². The molecule has 1 aromatic rings. The molecule has 0 saturated heterocycles. The fraction of sp³-hybridized carbons (Fsp3) is 0.267. The molecule has 0 fully saturated rings. The van der Waals surface area contributed by atoms with E-state index in [1.807, 2.05) is 0 Å². The van der Waals surface area contributed by atoms with Crippen LogP contribution < -0.4 is 10.6 Å². The molecule has 116 valence electrons. The number of rotatable bonds is 3. The summed E-state index contributed by atoms with van der Waals surface area (Å²) in [5.74, 6) is -3.11. The second-order valence-electron chi connectivity index (χ2n) is 4.83. The molecule has 22 heavy (non-hydrogen) atoms. The highest BCUT2D eigenvalue weighted by atomic mass is 19.1. The average molecular weight is 306 g/mol. The number of anilines is 1. The van der Waals surface area contributed by atoms with E-state index in [2.05, 4.69) is 15.4 Å². The average Bonchev–Trinajstić information content (AvgIpc) is 2.45. The van der Waals surface area contributed by atoms with Gasteiger partial charge in [0.25, 0.3) is 0 Å². The predicted octanol–water partition coefficient (Wildman–Crippen LogP) is 1.35. The summed E-state index contributed by atoms with van der Waals surface area (Å²) in [7, 11) is 1.20. The van der Waals surface area contributed by atoms with E-state index < -0.39 is 23.6 Å². The first-order valence-electron chi connectivity index (χ1n) is 6.57. The molecule has 7 heteroatoms. The topological polar surface area (TPSA) is 84.5 Å². The number of amides is 2. The quantitative estimate of drug-likeness (QED) is 0.826. The highest BCUT2D eigenvalue weighted by Gasteiger charge is 2.36. The van der Waals surface area contributed by atoms with E-state index in [1.165, 1.54) is 32.2 Å². The maximum Gasteiger partial charge on any atom is 0.336 e. The minimum atomic E-state index is -0.982. The van der Waals surface area contributed by atoms with E-state index >= 15 is 0 Å². The summed E-state index contributed by atoms with van der Waals surface area (Å²) in [4.78, 5) is 35.8. The molecule has 0 radical (unpaired) electrons. The van der Waals surface area contributed by atoms with Crippen LogP contribution in [-0.4, -0.2) is 24.9 Å². The van der Waals surface area contributed by atoms with Crippen molar-refractivity contribution in [2.24, 2.45) is 5.92 Å². The van der Waals surface area contributed by atoms with Gasteiger partial charge in [0, 0.05) is 17.8 Å². The highest BCUT2D eigenvalue weighted by molar-refractivity contribution is 6.06. The monoisotopic (exact) mass is 306 g/mol. The lowest BCUT2D eigenvalue weighted by molar-refractivity contribution is -0.139. The van der Waals surface area contributed by atoms with E-state index in [9.17, 15) is 18.8 Å². The lowest BCUT2D eigenvalue weighted by atomic mass is 9.89. The van der Waals surface area contributed by atoms with Crippen molar-refractivity contribution in [2.75, 3.05) is 12.4 Å². The Bertz CT molecular complexity index is 669. The summed E-state index contributed by atoms with van der Waals surface area (Å²) in [5, 5.41) is 5.00. The predicted molar refractivity (Wildman–Crippen MR) is 76.0 cm³/mol. The Hall–Kier alpha value is -2.70. The fourth-order valence-corrected chi connectivity index (χ4v) is 2.30. The van der Waals surface area contributed by atoms with Gasteiger partial charge in [-0.05, 0) is 25.1 Å². The van der Waals surface area contributed by atoms with Crippen LogP contribution in [0.5, 0.6) is 0 Å². The highest BCUT2D eigenvalue weighted by Crippen LogP contribution is 2.25. The van der Waals surface area contributed by atoms with Gasteiger partial charge in [0.15, 0.2) is 0 Å². The number of carbonyl (C=O) groups is 3. The standard InChI is InChI=1S/C15H15FN2O4/c1-8-13(15(21)22-2)11(7-12(19)17-8)14(20)18-10-5-3-4-9(16)6-10/h3-6,11H,7H2,1-2H3,(H,17,19)(H,18,20). The van der Waals surface area contributed by atoms with Gasteiger partial charge in [0.05, 0.1) is 18.6 Å². The number of methoxy groups -OCH3 is 1. The van der Waals surface area contributed by atoms with Gasteiger partial charge in [0.2, 0.25) is 11.8 Å². The zero-order valence-electron chi connectivity index (χ0n) is 12.1. The molecule has 0 bridgehead atoms. The minimum absolute atomic E-state index is 0.0935. The summed E-state index contributed by atoms with van der Waals surface area (Å²) in [6.07, 6.45) is -0.178. The van der Waals surface area contributed by atoms with Crippen molar-refractivity contribution in [1.82, 2.24) is 5.32 Å². The van der Waals surface area contributed by atoms with Gasteiger partial charge in [-0.1, -0.05) is 6.07 Å². The number of ether oxygens (including phenoxy) is 1. The van der Waals surface area contributed by atoms with E-state index in [0.717, 1.165) is 6.07 Å². The molecule has 2 N–H and O–H groups in total. The maximum absolute atomic E-state index is 13.1. The minimum Gasteiger partial charge on any atom is -0.466 e. The lowest BCUT2D eigenvalue weighted by Crippen LogP contribution is -2.40. The molecule has 1 aliphatic rings. The van der Waals surface area contributed by atoms with Crippen LogP contribution in [0.25, 0.3) is 0 Å². The van der Waals surface area contributed by atoms with Gasteiger partial charge in [-0.2, -0.15) is 0 Å². The second kappa shape index (κ2) is 6.38. The van der Waals surface area contributed by atoms with Crippen LogP contribution in [0.4, 0.5) is 10.1 Å². The number of hydrogen-bond acceptors (Lipinski definition) is 4. The first-order valence-corrected chi connectivity index (χ1v) is 6.57. The molecule has 1 heterocycles. The number of nitrogens with one attached hydrogen (secondary N) is 2. The summed E-state index contributed by atoms with van der Waals surface area (Å²) in [6.45, 7) is 1.52. The van der Waals surface area contributed by atoms with Crippen LogP contribution in [0.1, 0.15) is 13.3 Å². The Morgan fingerprint density at radius 2 is 2.14 bits per heavy atom. The van der Waals surface area contributed by atoms with Crippen LogP contribution in [-0.2, 0) is 19.1 Å². The SMILES string of the molecule is COC(=O)C1=C(C)NC(=O)CC1C(=O)Nc1cccc(F)c1. The van der Waals surface area contributed by atoms with Gasteiger partial charge in [-0.25, -0.2) is 9.18 Å². The molecule has 1 atom stereocenters. The van der Waals surface area contributed by atoms with Crippen LogP contribution in [0.3, 0.4) is 0 Å². The van der Waals surface area contributed by atoms with E-state index in [-0.39, 0.29) is 29.3 Å². The van der Waals surface area contributed by atoms with Crippen LogP contribution in [0.15, 0.2) is 35.5 Å². The van der Waals surface area contributed by atoms with Crippen LogP contribution in [0, 0.1) is 11.7 Å². The van der Waals surface area contributed by atoms with Gasteiger partial charge in [-0.3, -0.25) is 9.59 Å². The molecule has 0 spiro atoms. The second-order valence-corrected chi connectivity index (χ2v) is 4.83. The van der Waals surface area contributed by atoms with Gasteiger partial charge >= 0.3 is 5.97 Å². The van der Waals surface area contributed by atoms with Crippen molar-refractivity contribution >= 4 is 23.5 Å². The third kappa shape index (κ3) is 3.30. The smallest absolute Gasteiger partial charge is 0.336 e. The van der Waals surface area contributed by atoms with E-state index in [4.69, 9.17) is 0 Å². The zero-order chi connectivity index (χ0) is 16.3. The third-order valence-corrected chi connectivity index (χ3v) is 3.28. The van der Waals surface area contributed by atoms with E-state index in [1.54, 1.807) is 0 Å². The van der Waals surface area contributed by atoms with Crippen molar-refractivity contribution < 1.29 is 23.5 Å². The number of carbonyl (C=O) groups excluding carboxylic acids is 3. The Morgan fingerprint density at radius 3 is 2.77 bits per heavy atom.